The topological polar surface area (TPSA) is 35.5 Å². The predicted octanol–water partition coefficient (Wildman–Crippen LogP) is 5.24. The van der Waals surface area contributed by atoms with Crippen molar-refractivity contribution >= 4 is 53.6 Å². The highest BCUT2D eigenvalue weighted by atomic mass is 79.9. The summed E-state index contributed by atoms with van der Waals surface area (Å²) in [6, 6.07) is 10.8. The molecule has 0 saturated carbocycles. The Morgan fingerprint density at radius 3 is 2.33 bits per heavy atom. The third-order valence-corrected chi connectivity index (χ3v) is 4.35. The number of halogens is 3. The zero-order valence-electron chi connectivity index (χ0n) is 11.0. The summed E-state index contributed by atoms with van der Waals surface area (Å²) in [6.45, 7) is -0.0702. The van der Waals surface area contributed by atoms with Crippen LogP contribution in [0.15, 0.2) is 49.8 Å². The molecule has 6 heteroatoms. The van der Waals surface area contributed by atoms with E-state index >= 15 is 0 Å². The molecule has 2 aromatic carbocycles. The van der Waals surface area contributed by atoms with Crippen molar-refractivity contribution in [2.24, 2.45) is 0 Å². The molecule has 0 amide bonds. The highest BCUT2D eigenvalue weighted by Crippen LogP contribution is 2.36. The van der Waals surface area contributed by atoms with Gasteiger partial charge < -0.3 is 9.47 Å². The van der Waals surface area contributed by atoms with Crippen molar-refractivity contribution < 1.29 is 14.3 Å². The van der Waals surface area contributed by atoms with Crippen LogP contribution in [0, 0.1) is 0 Å². The average molecular weight is 479 g/mol. The Hall–Kier alpha value is -0.850. The average Bonchev–Trinajstić information content (AvgIpc) is 2.45. The van der Waals surface area contributed by atoms with E-state index in [1.807, 2.05) is 18.2 Å². The Labute approximate surface area is 148 Å². The van der Waals surface area contributed by atoms with Gasteiger partial charge in [0.15, 0.2) is 6.61 Å². The number of carbonyl (C=O) groups is 1. The van der Waals surface area contributed by atoms with Crippen LogP contribution in [0.25, 0.3) is 0 Å². The molecule has 0 aliphatic carbocycles. The van der Waals surface area contributed by atoms with Crippen molar-refractivity contribution in [1.82, 2.24) is 0 Å². The maximum atomic E-state index is 12.2. The third kappa shape index (κ3) is 4.08. The van der Waals surface area contributed by atoms with Crippen molar-refractivity contribution in [1.29, 1.82) is 0 Å². The lowest BCUT2D eigenvalue weighted by Gasteiger charge is -2.11. The van der Waals surface area contributed by atoms with E-state index in [-0.39, 0.29) is 12.4 Å². The summed E-state index contributed by atoms with van der Waals surface area (Å²) in [5.74, 6) is 0.982. The smallest absolute Gasteiger partial charge is 0.203 e. The molecule has 0 fully saturated rings. The van der Waals surface area contributed by atoms with Crippen molar-refractivity contribution in [3.63, 3.8) is 0 Å². The minimum atomic E-state index is -0.144. The number of ether oxygens (including phenoxy) is 2. The lowest BCUT2D eigenvalue weighted by molar-refractivity contribution is 0.0917. The van der Waals surface area contributed by atoms with Crippen molar-refractivity contribution in [2.45, 2.75) is 0 Å². The summed E-state index contributed by atoms with van der Waals surface area (Å²) in [5, 5.41) is 0. The van der Waals surface area contributed by atoms with E-state index in [0.29, 0.717) is 17.1 Å². The van der Waals surface area contributed by atoms with Crippen molar-refractivity contribution in [3.05, 3.63) is 55.4 Å². The summed E-state index contributed by atoms with van der Waals surface area (Å²) < 4.78 is 13.2. The Morgan fingerprint density at radius 1 is 1.10 bits per heavy atom. The second-order valence-corrected chi connectivity index (χ2v) is 6.74. The Kier molecular flexibility index (Phi) is 5.84. The second-order valence-electron chi connectivity index (χ2n) is 4.11. The van der Waals surface area contributed by atoms with Gasteiger partial charge in [0.05, 0.1) is 21.6 Å². The van der Waals surface area contributed by atoms with Gasteiger partial charge in [-0.25, -0.2) is 0 Å². The summed E-state index contributed by atoms with van der Waals surface area (Å²) in [4.78, 5) is 12.2. The molecular weight excluding hydrogens is 468 g/mol. The molecule has 0 unspecified atom stereocenters. The summed E-state index contributed by atoms with van der Waals surface area (Å²) in [6.07, 6.45) is 0. The van der Waals surface area contributed by atoms with Crippen LogP contribution in [-0.4, -0.2) is 19.5 Å². The minimum Gasteiger partial charge on any atom is -0.496 e. The first-order valence-electron chi connectivity index (χ1n) is 5.96. The van der Waals surface area contributed by atoms with Crippen LogP contribution in [0.5, 0.6) is 11.5 Å². The monoisotopic (exact) mass is 476 g/mol. The van der Waals surface area contributed by atoms with Gasteiger partial charge in [-0.1, -0.05) is 28.1 Å². The zero-order valence-corrected chi connectivity index (χ0v) is 15.8. The van der Waals surface area contributed by atoms with Crippen molar-refractivity contribution in [3.8, 4) is 11.5 Å². The fourth-order valence-electron chi connectivity index (χ4n) is 1.76. The van der Waals surface area contributed by atoms with E-state index in [1.54, 1.807) is 18.2 Å². The lowest BCUT2D eigenvalue weighted by atomic mass is 10.1. The van der Waals surface area contributed by atoms with Crippen LogP contribution in [0.4, 0.5) is 0 Å². The Balaban J connectivity index is 2.15. The number of para-hydroxylation sites is 1. The fourth-order valence-corrected chi connectivity index (χ4v) is 4.24. The Morgan fingerprint density at radius 2 is 1.71 bits per heavy atom. The first-order chi connectivity index (χ1) is 10.0. The molecule has 0 aliphatic rings. The van der Waals surface area contributed by atoms with Crippen LogP contribution in [0.1, 0.15) is 10.4 Å². The summed E-state index contributed by atoms with van der Waals surface area (Å²) >= 11 is 10.2. The molecule has 0 N–H and O–H groups in total. The molecule has 0 bridgehead atoms. The van der Waals surface area contributed by atoms with Crippen LogP contribution < -0.4 is 9.47 Å². The van der Waals surface area contributed by atoms with Crippen molar-refractivity contribution in [2.75, 3.05) is 13.7 Å². The summed E-state index contributed by atoms with van der Waals surface area (Å²) in [5.41, 5.74) is 0.504. The lowest BCUT2D eigenvalue weighted by Crippen LogP contribution is -2.13. The first-order valence-corrected chi connectivity index (χ1v) is 8.34. The summed E-state index contributed by atoms with van der Waals surface area (Å²) in [7, 11) is 1.54. The van der Waals surface area contributed by atoms with E-state index in [4.69, 9.17) is 9.47 Å². The largest absolute Gasteiger partial charge is 0.496 e. The molecule has 0 atom stereocenters. The number of Topliss-reactive ketones (excluding diaryl/α,β-unsaturated/α-hetero) is 1. The number of hydrogen-bond acceptors (Lipinski definition) is 3. The van der Waals surface area contributed by atoms with Crippen LogP contribution in [-0.2, 0) is 0 Å². The molecule has 2 rings (SSSR count). The molecule has 21 heavy (non-hydrogen) atoms. The van der Waals surface area contributed by atoms with Gasteiger partial charge in [0.25, 0.3) is 0 Å². The number of hydrogen-bond donors (Lipinski definition) is 0. The van der Waals surface area contributed by atoms with E-state index in [9.17, 15) is 4.79 Å². The molecular formula is C15H11Br3O3. The number of methoxy groups -OCH3 is 1. The zero-order chi connectivity index (χ0) is 15.4. The molecule has 0 saturated heterocycles. The first kappa shape index (κ1) is 16.5. The Bertz CT molecular complexity index is 648. The quantitative estimate of drug-likeness (QED) is 0.551. The van der Waals surface area contributed by atoms with Gasteiger partial charge in [-0.15, -0.1) is 0 Å². The maximum absolute atomic E-state index is 12.2. The molecule has 0 aliphatic heterocycles. The maximum Gasteiger partial charge on any atom is 0.203 e. The molecule has 110 valence electrons. The third-order valence-electron chi connectivity index (χ3n) is 2.72. The van der Waals surface area contributed by atoms with E-state index < -0.39 is 0 Å². The van der Waals surface area contributed by atoms with Crippen LogP contribution in [0.3, 0.4) is 0 Å². The van der Waals surface area contributed by atoms with Gasteiger partial charge in [-0.3, -0.25) is 4.79 Å². The molecule has 0 heterocycles. The number of rotatable bonds is 5. The molecule has 2 aromatic rings. The molecule has 0 aromatic heterocycles. The van der Waals surface area contributed by atoms with Gasteiger partial charge in [0.2, 0.25) is 5.78 Å². The highest BCUT2D eigenvalue weighted by molar-refractivity contribution is 9.11. The fraction of sp³-hybridized carbons (Fsp3) is 0.133. The van der Waals surface area contributed by atoms with Gasteiger partial charge in [0.1, 0.15) is 11.5 Å². The molecule has 0 radical (unpaired) electrons. The van der Waals surface area contributed by atoms with E-state index in [0.717, 1.165) is 13.4 Å². The highest BCUT2D eigenvalue weighted by Gasteiger charge is 2.14. The predicted molar refractivity (Wildman–Crippen MR) is 92.4 cm³/mol. The second kappa shape index (κ2) is 7.42. The normalized spacial score (nSPS) is 10.3. The number of carbonyl (C=O) groups excluding carboxylic acids is 1. The minimum absolute atomic E-state index is 0.0702. The van der Waals surface area contributed by atoms with Gasteiger partial charge in [0, 0.05) is 4.47 Å². The molecule has 0 spiro atoms. The van der Waals surface area contributed by atoms with Crippen LogP contribution >= 0.6 is 47.8 Å². The molecule has 3 nitrogen and oxygen atoms in total. The standard InChI is InChI=1S/C15H11Br3O3/c1-20-14-5-3-2-4-10(14)13(19)8-21-15-11(17)6-9(16)7-12(15)18/h2-7H,8H2,1H3. The van der Waals surface area contributed by atoms with Gasteiger partial charge >= 0.3 is 0 Å². The van der Waals surface area contributed by atoms with Gasteiger partial charge in [-0.05, 0) is 56.1 Å². The van der Waals surface area contributed by atoms with E-state index in [1.165, 1.54) is 7.11 Å². The SMILES string of the molecule is COc1ccccc1C(=O)COc1c(Br)cc(Br)cc1Br. The van der Waals surface area contributed by atoms with E-state index in [2.05, 4.69) is 47.8 Å². The van der Waals surface area contributed by atoms with Crippen LogP contribution in [0.2, 0.25) is 0 Å². The van der Waals surface area contributed by atoms with Gasteiger partial charge in [-0.2, -0.15) is 0 Å². The number of ketones is 1. The number of benzene rings is 2.